The quantitative estimate of drug-likeness (QED) is 0.0339. The fraction of sp³-hybridized carbons (Fsp3) is 0.205. The maximum absolute atomic E-state index is 14.7. The molecule has 8 N–H and O–H groups in total. The van der Waals surface area contributed by atoms with E-state index in [0.29, 0.717) is 56.3 Å². The van der Waals surface area contributed by atoms with Gasteiger partial charge in [-0.2, -0.15) is 0 Å². The second-order valence-corrected chi connectivity index (χ2v) is 15.9. The molecule has 0 aliphatic carbocycles. The number of esters is 1. The van der Waals surface area contributed by atoms with Gasteiger partial charge < -0.3 is 36.0 Å². The lowest BCUT2D eigenvalue weighted by Crippen LogP contribution is -2.30. The zero-order valence-electron chi connectivity index (χ0n) is 35.4. The van der Waals surface area contributed by atoms with Gasteiger partial charge in [-0.15, -0.1) is 10.2 Å². The van der Waals surface area contributed by atoms with Crippen LogP contribution in [0.2, 0.25) is 10.0 Å². The summed E-state index contributed by atoms with van der Waals surface area (Å²) in [5, 5.41) is 40.8. The lowest BCUT2D eigenvalue weighted by molar-refractivity contribution is -0.145. The molecule has 4 amide bonds. The number of hydrogen-bond acceptors (Lipinski definition) is 12. The van der Waals surface area contributed by atoms with Crippen molar-refractivity contribution in [1.82, 2.24) is 51.2 Å². The normalized spacial score (nSPS) is 12.1. The van der Waals surface area contributed by atoms with Crippen LogP contribution in [0.5, 0.6) is 0 Å². The van der Waals surface area contributed by atoms with E-state index in [-0.39, 0.29) is 62.7 Å². The zero-order valence-corrected chi connectivity index (χ0v) is 36.9. The molecule has 4 aromatic carbocycles. The van der Waals surface area contributed by atoms with Crippen molar-refractivity contribution in [2.24, 2.45) is 5.92 Å². The van der Waals surface area contributed by atoms with Crippen molar-refractivity contribution in [2.75, 3.05) is 28.4 Å². The highest BCUT2D eigenvalue weighted by atomic mass is 35.5. The number of ether oxygens (including phenoxy) is 1. The van der Waals surface area contributed by atoms with E-state index in [4.69, 9.17) is 27.9 Å². The molecule has 8 aromatic rings. The third-order valence-corrected chi connectivity index (χ3v) is 11.4. The largest absolute Gasteiger partial charge is 0.468 e. The molecular weight excluding hydrogens is 891 g/mol. The number of carbonyl (C=O) groups is 5. The highest BCUT2D eigenvalue weighted by Crippen LogP contribution is 2.38. The summed E-state index contributed by atoms with van der Waals surface area (Å²) in [7, 11) is 1.12. The summed E-state index contributed by atoms with van der Waals surface area (Å²) in [5.74, 6) is -4.98. The number of nitrogens with zero attached hydrogens (tertiary/aromatic N) is 6. The van der Waals surface area contributed by atoms with Gasteiger partial charge in [0.2, 0.25) is 11.8 Å². The van der Waals surface area contributed by atoms with E-state index in [1.807, 2.05) is 6.92 Å². The van der Waals surface area contributed by atoms with E-state index >= 15 is 0 Å². The van der Waals surface area contributed by atoms with E-state index in [1.165, 1.54) is 0 Å². The number of H-pyrrole nitrogens is 4. The van der Waals surface area contributed by atoms with E-state index < -0.39 is 29.6 Å². The molecule has 4 heterocycles. The number of aromatic amines is 4. The first-order valence-electron chi connectivity index (χ1n) is 20.6. The Balaban J connectivity index is 1.17. The van der Waals surface area contributed by atoms with Gasteiger partial charge in [0.25, 0.3) is 11.8 Å². The number of rotatable bonds is 16. The first-order chi connectivity index (χ1) is 32.0. The Bertz CT molecular complexity index is 3110. The number of unbranched alkanes of at least 4 members (excludes halogenated alkanes) is 1. The second-order valence-electron chi connectivity index (χ2n) is 15.1. The Labute approximate surface area is 384 Å². The topological polar surface area (TPSA) is 283 Å². The van der Waals surface area contributed by atoms with E-state index in [2.05, 4.69) is 79.4 Å². The Morgan fingerprint density at radius 1 is 0.682 bits per heavy atom. The Kier molecular flexibility index (Phi) is 13.1. The van der Waals surface area contributed by atoms with Crippen LogP contribution in [0.15, 0.2) is 78.9 Å². The maximum atomic E-state index is 14.7. The van der Waals surface area contributed by atoms with Crippen molar-refractivity contribution in [3.8, 4) is 22.8 Å². The van der Waals surface area contributed by atoms with Crippen LogP contribution in [0.25, 0.3) is 44.6 Å². The minimum absolute atomic E-state index is 0.0442. The molecule has 4 aromatic heterocycles. The molecule has 0 aliphatic heterocycles. The van der Waals surface area contributed by atoms with Crippen LogP contribution in [0.4, 0.5) is 22.7 Å². The molecule has 0 fully saturated rings. The fourth-order valence-electron chi connectivity index (χ4n) is 7.65. The standard InChI is InChI=1S/C44H40Cl2N14O6/c1-4-6-9-21(5-2)40(61)50-31-13-8-11-25-33(37(52-36(25)31)43(64)49-29-17-15-24(46)20-27(29)39-55-59-60-56-39)34(44(65)66-3)42(63)51-30-12-7-10-22-18-32(47-35(22)30)41(62)48-28-16-14-23(45)19-26(28)38-53-57-58-54-38/h7-8,10-21,34,47,52H,4-6,9H2,1-3H3,(H,48,62)(H,49,64)(H,50,61)(H,51,63)(H,53,54,57,58)(H,55,56,59,60). The van der Waals surface area contributed by atoms with E-state index in [0.717, 1.165) is 20.0 Å². The Morgan fingerprint density at radius 3 is 1.88 bits per heavy atom. The molecule has 22 heteroatoms. The fourth-order valence-corrected chi connectivity index (χ4v) is 8.00. The van der Waals surface area contributed by atoms with Gasteiger partial charge in [-0.25, -0.2) is 10.2 Å². The average molecular weight is 932 g/mol. The van der Waals surface area contributed by atoms with Crippen molar-refractivity contribution in [2.45, 2.75) is 45.4 Å². The molecule has 2 unspecified atom stereocenters. The summed E-state index contributed by atoms with van der Waals surface area (Å²) < 4.78 is 5.24. The summed E-state index contributed by atoms with van der Waals surface area (Å²) in [4.78, 5) is 76.9. The number of aromatic nitrogens is 10. The highest BCUT2D eigenvalue weighted by molar-refractivity contribution is 6.31. The molecule has 0 saturated carbocycles. The molecule has 0 saturated heterocycles. The summed E-state index contributed by atoms with van der Waals surface area (Å²) in [5.41, 5.74) is 2.43. The summed E-state index contributed by atoms with van der Waals surface area (Å²) >= 11 is 12.6. The highest BCUT2D eigenvalue weighted by Gasteiger charge is 2.37. The van der Waals surface area contributed by atoms with Crippen LogP contribution in [-0.2, 0) is 19.1 Å². The van der Waals surface area contributed by atoms with Gasteiger partial charge in [0.15, 0.2) is 17.6 Å². The summed E-state index contributed by atoms with van der Waals surface area (Å²) in [6.45, 7) is 3.99. The number of methoxy groups -OCH3 is 1. The minimum Gasteiger partial charge on any atom is -0.468 e. The van der Waals surface area contributed by atoms with Crippen LogP contribution < -0.4 is 21.3 Å². The number of anilines is 4. The van der Waals surface area contributed by atoms with Crippen LogP contribution in [0, 0.1) is 5.92 Å². The molecular formula is C44H40Cl2N14O6. The molecule has 0 aliphatic rings. The Morgan fingerprint density at radius 2 is 1.29 bits per heavy atom. The molecule has 0 spiro atoms. The predicted molar refractivity (Wildman–Crippen MR) is 247 cm³/mol. The first-order valence-corrected chi connectivity index (χ1v) is 21.4. The number of carbonyl (C=O) groups excluding carboxylic acids is 5. The molecule has 0 bridgehead atoms. The maximum Gasteiger partial charge on any atom is 0.322 e. The zero-order chi connectivity index (χ0) is 46.5. The number of tetrazole rings is 2. The van der Waals surface area contributed by atoms with Gasteiger partial charge in [0, 0.05) is 43.4 Å². The van der Waals surface area contributed by atoms with Gasteiger partial charge >= 0.3 is 5.97 Å². The van der Waals surface area contributed by atoms with Crippen molar-refractivity contribution in [1.29, 1.82) is 0 Å². The number of amides is 4. The number of halogens is 2. The van der Waals surface area contributed by atoms with Crippen LogP contribution >= 0.6 is 23.2 Å². The number of para-hydroxylation sites is 2. The predicted octanol–water partition coefficient (Wildman–Crippen LogP) is 7.87. The minimum atomic E-state index is -1.77. The molecule has 0 radical (unpaired) electrons. The van der Waals surface area contributed by atoms with Gasteiger partial charge in [0.1, 0.15) is 11.4 Å². The third-order valence-electron chi connectivity index (χ3n) is 10.9. The first kappa shape index (κ1) is 44.6. The van der Waals surface area contributed by atoms with Gasteiger partial charge in [-0.3, -0.25) is 24.0 Å². The average Bonchev–Trinajstić information content (AvgIpc) is 4.16. The van der Waals surface area contributed by atoms with Crippen molar-refractivity contribution in [3.05, 3.63) is 106 Å². The second kappa shape index (κ2) is 19.4. The monoisotopic (exact) mass is 930 g/mol. The summed E-state index contributed by atoms with van der Waals surface area (Å²) in [6, 6.07) is 20.9. The van der Waals surface area contributed by atoms with E-state index in [1.54, 1.807) is 78.9 Å². The lowest BCUT2D eigenvalue weighted by Gasteiger charge is -2.17. The third kappa shape index (κ3) is 9.17. The molecule has 20 nitrogen and oxygen atoms in total. The van der Waals surface area contributed by atoms with Crippen LogP contribution in [-0.4, -0.2) is 87.9 Å². The molecule has 336 valence electrons. The number of nitrogens with one attached hydrogen (secondary N) is 8. The Hall–Kier alpha value is -7.97. The van der Waals surface area contributed by atoms with Crippen LogP contribution in [0.1, 0.15) is 72.0 Å². The van der Waals surface area contributed by atoms with Crippen molar-refractivity contribution < 1.29 is 28.7 Å². The van der Waals surface area contributed by atoms with E-state index in [9.17, 15) is 24.0 Å². The molecule has 2 atom stereocenters. The SMILES string of the molecule is CCCCC(CC)C(=O)Nc1cccc2c(C(C(=O)Nc3cccc4cc(C(=O)Nc5ccc(Cl)cc5-c5nnn[nH]5)[nH]c34)C(=O)OC)c(C(=O)Nc3ccc(Cl)cc3-c3nnn[nH]3)[nH]c12. The number of benzene rings is 4. The van der Waals surface area contributed by atoms with Gasteiger partial charge in [0.05, 0.1) is 40.9 Å². The summed E-state index contributed by atoms with van der Waals surface area (Å²) in [6.07, 6.45) is 3.06. The molecule has 8 rings (SSSR count). The smallest absolute Gasteiger partial charge is 0.322 e. The number of fused-ring (bicyclic) bond motifs is 2. The lowest BCUT2D eigenvalue weighted by atomic mass is 9.93. The van der Waals surface area contributed by atoms with Crippen molar-refractivity contribution >= 4 is 97.4 Å². The molecule has 66 heavy (non-hydrogen) atoms. The van der Waals surface area contributed by atoms with Crippen molar-refractivity contribution in [3.63, 3.8) is 0 Å². The number of hydrogen-bond donors (Lipinski definition) is 8. The van der Waals surface area contributed by atoms with Gasteiger partial charge in [-0.05, 0) is 88.3 Å². The van der Waals surface area contributed by atoms with Crippen LogP contribution in [0.3, 0.4) is 0 Å². The van der Waals surface area contributed by atoms with Gasteiger partial charge in [-0.1, -0.05) is 74.2 Å².